The van der Waals surface area contributed by atoms with Crippen molar-refractivity contribution < 1.29 is 14.3 Å². The predicted molar refractivity (Wildman–Crippen MR) is 64.5 cm³/mol. The first-order chi connectivity index (χ1) is 8.04. The highest BCUT2D eigenvalue weighted by Gasteiger charge is 2.27. The number of ether oxygens (including phenoxy) is 1. The van der Waals surface area contributed by atoms with E-state index < -0.39 is 0 Å². The summed E-state index contributed by atoms with van der Waals surface area (Å²) in [5, 5.41) is 0. The zero-order valence-corrected chi connectivity index (χ0v) is 10.9. The molecule has 1 heterocycles. The Morgan fingerprint density at radius 2 is 2.12 bits per heavy atom. The van der Waals surface area contributed by atoms with E-state index in [9.17, 15) is 9.59 Å². The lowest BCUT2D eigenvalue weighted by Gasteiger charge is -2.31. The Balaban J connectivity index is 2.43. The number of hydrogen-bond acceptors (Lipinski definition) is 4. The molecule has 0 unspecified atom stereocenters. The predicted octanol–water partition coefficient (Wildman–Crippen LogP) is 0.350. The second-order valence-corrected chi connectivity index (χ2v) is 4.61. The molecule has 0 N–H and O–H groups in total. The van der Waals surface area contributed by atoms with Gasteiger partial charge in [0.1, 0.15) is 0 Å². The van der Waals surface area contributed by atoms with Gasteiger partial charge in [-0.25, -0.2) is 0 Å². The standard InChI is InChI=1S/C12H22N2O3/c1-4-17-12(16)10-6-5-7-14(8-10)9-11(15)13(2)3/h10H,4-9H2,1-3H3/t10-/m1/s1. The van der Waals surface area contributed by atoms with Gasteiger partial charge in [0.2, 0.25) is 5.91 Å². The Hall–Kier alpha value is -1.10. The van der Waals surface area contributed by atoms with Gasteiger partial charge in [0.15, 0.2) is 0 Å². The number of carbonyl (C=O) groups is 2. The van der Waals surface area contributed by atoms with Crippen LogP contribution in [0.15, 0.2) is 0 Å². The van der Waals surface area contributed by atoms with Gasteiger partial charge in [-0.05, 0) is 26.3 Å². The summed E-state index contributed by atoms with van der Waals surface area (Å²) in [7, 11) is 3.49. The smallest absolute Gasteiger partial charge is 0.310 e. The first-order valence-electron chi connectivity index (χ1n) is 6.13. The van der Waals surface area contributed by atoms with Crippen molar-refractivity contribution in [3.63, 3.8) is 0 Å². The molecule has 1 rings (SSSR count). The molecule has 0 bridgehead atoms. The second-order valence-electron chi connectivity index (χ2n) is 4.61. The van der Waals surface area contributed by atoms with Crippen LogP contribution >= 0.6 is 0 Å². The summed E-state index contributed by atoms with van der Waals surface area (Å²) in [4.78, 5) is 26.8. The summed E-state index contributed by atoms with van der Waals surface area (Å²) in [6, 6.07) is 0. The first-order valence-corrected chi connectivity index (χ1v) is 6.13. The molecule has 0 saturated carbocycles. The maximum Gasteiger partial charge on any atom is 0.310 e. The van der Waals surface area contributed by atoms with E-state index in [0.717, 1.165) is 19.4 Å². The van der Waals surface area contributed by atoms with Crippen LogP contribution in [0.25, 0.3) is 0 Å². The fraction of sp³-hybridized carbons (Fsp3) is 0.833. The molecule has 0 aliphatic carbocycles. The molecule has 5 nitrogen and oxygen atoms in total. The van der Waals surface area contributed by atoms with Gasteiger partial charge in [0, 0.05) is 20.6 Å². The quantitative estimate of drug-likeness (QED) is 0.667. The van der Waals surface area contributed by atoms with Crippen molar-refractivity contribution in [1.29, 1.82) is 0 Å². The SMILES string of the molecule is CCOC(=O)[C@@H]1CCCN(CC(=O)N(C)C)C1. The van der Waals surface area contributed by atoms with Crippen LogP contribution < -0.4 is 0 Å². The summed E-state index contributed by atoms with van der Waals surface area (Å²) in [5.41, 5.74) is 0. The highest BCUT2D eigenvalue weighted by molar-refractivity contribution is 5.78. The summed E-state index contributed by atoms with van der Waals surface area (Å²) < 4.78 is 5.02. The van der Waals surface area contributed by atoms with E-state index in [1.54, 1.807) is 19.0 Å². The van der Waals surface area contributed by atoms with E-state index in [1.807, 2.05) is 11.8 Å². The number of rotatable bonds is 4. The summed E-state index contributed by atoms with van der Waals surface area (Å²) in [6.45, 7) is 4.15. The number of piperidine rings is 1. The maximum absolute atomic E-state index is 11.6. The van der Waals surface area contributed by atoms with Gasteiger partial charge in [0.05, 0.1) is 19.1 Å². The van der Waals surface area contributed by atoms with E-state index in [2.05, 4.69) is 0 Å². The van der Waals surface area contributed by atoms with Crippen LogP contribution in [-0.4, -0.2) is 62.0 Å². The highest BCUT2D eigenvalue weighted by atomic mass is 16.5. The maximum atomic E-state index is 11.6. The third-order valence-corrected chi connectivity index (χ3v) is 2.98. The number of likely N-dealkylation sites (N-methyl/N-ethyl adjacent to an activating group) is 1. The average Bonchev–Trinajstić information content (AvgIpc) is 2.29. The molecule has 0 aromatic heterocycles. The molecular weight excluding hydrogens is 220 g/mol. The lowest BCUT2D eigenvalue weighted by atomic mass is 9.98. The summed E-state index contributed by atoms with van der Waals surface area (Å²) in [5.74, 6) is -0.123. The van der Waals surface area contributed by atoms with Crippen LogP contribution in [-0.2, 0) is 14.3 Å². The molecular formula is C12H22N2O3. The third-order valence-electron chi connectivity index (χ3n) is 2.98. The largest absolute Gasteiger partial charge is 0.466 e. The van der Waals surface area contributed by atoms with Crippen LogP contribution in [0.3, 0.4) is 0 Å². The highest BCUT2D eigenvalue weighted by Crippen LogP contribution is 2.17. The fourth-order valence-electron chi connectivity index (χ4n) is 1.98. The van der Waals surface area contributed by atoms with Crippen LogP contribution in [0.1, 0.15) is 19.8 Å². The van der Waals surface area contributed by atoms with Crippen molar-refractivity contribution in [3.05, 3.63) is 0 Å². The van der Waals surface area contributed by atoms with E-state index in [4.69, 9.17) is 4.74 Å². The normalized spacial score (nSPS) is 21.0. The Morgan fingerprint density at radius 1 is 1.41 bits per heavy atom. The molecule has 1 aliphatic rings. The molecule has 0 aromatic rings. The van der Waals surface area contributed by atoms with Gasteiger partial charge >= 0.3 is 5.97 Å². The molecule has 0 aromatic carbocycles. The molecule has 0 radical (unpaired) electrons. The van der Waals surface area contributed by atoms with Crippen LogP contribution in [0, 0.1) is 5.92 Å². The topological polar surface area (TPSA) is 49.9 Å². The minimum absolute atomic E-state index is 0.0707. The van der Waals surface area contributed by atoms with Crippen molar-refractivity contribution in [3.8, 4) is 0 Å². The molecule has 1 amide bonds. The lowest BCUT2D eigenvalue weighted by molar-refractivity contribution is -0.150. The number of carbonyl (C=O) groups excluding carboxylic acids is 2. The van der Waals surface area contributed by atoms with Crippen LogP contribution in [0.4, 0.5) is 0 Å². The zero-order valence-electron chi connectivity index (χ0n) is 10.9. The second kappa shape index (κ2) is 6.59. The number of hydrogen-bond donors (Lipinski definition) is 0. The summed E-state index contributed by atoms with van der Waals surface area (Å²) in [6.07, 6.45) is 1.82. The minimum atomic E-state index is -0.130. The Kier molecular flexibility index (Phi) is 5.41. The third kappa shape index (κ3) is 4.34. The fourth-order valence-corrected chi connectivity index (χ4v) is 1.98. The van der Waals surface area contributed by atoms with Gasteiger partial charge in [0.25, 0.3) is 0 Å². The Labute approximate surface area is 103 Å². The molecule has 0 spiro atoms. The van der Waals surface area contributed by atoms with Gasteiger partial charge < -0.3 is 9.64 Å². The van der Waals surface area contributed by atoms with E-state index in [0.29, 0.717) is 19.7 Å². The van der Waals surface area contributed by atoms with Crippen molar-refractivity contribution >= 4 is 11.9 Å². The number of esters is 1. The van der Waals surface area contributed by atoms with Gasteiger partial charge in [-0.3, -0.25) is 14.5 Å². The molecule has 1 saturated heterocycles. The van der Waals surface area contributed by atoms with Crippen molar-refractivity contribution in [2.24, 2.45) is 5.92 Å². The van der Waals surface area contributed by atoms with E-state index in [-0.39, 0.29) is 17.8 Å². The molecule has 5 heteroatoms. The van der Waals surface area contributed by atoms with Crippen LogP contribution in [0.5, 0.6) is 0 Å². The summed E-state index contributed by atoms with van der Waals surface area (Å²) >= 11 is 0. The van der Waals surface area contributed by atoms with Crippen LogP contribution in [0.2, 0.25) is 0 Å². The van der Waals surface area contributed by atoms with Gasteiger partial charge in [-0.1, -0.05) is 0 Å². The molecule has 17 heavy (non-hydrogen) atoms. The van der Waals surface area contributed by atoms with E-state index >= 15 is 0 Å². The Morgan fingerprint density at radius 3 is 2.71 bits per heavy atom. The number of nitrogens with zero attached hydrogens (tertiary/aromatic N) is 2. The molecule has 1 fully saturated rings. The van der Waals surface area contributed by atoms with Crippen molar-refractivity contribution in [2.45, 2.75) is 19.8 Å². The van der Waals surface area contributed by atoms with E-state index in [1.165, 1.54) is 0 Å². The zero-order chi connectivity index (χ0) is 12.8. The van der Waals surface area contributed by atoms with Crippen molar-refractivity contribution in [1.82, 2.24) is 9.80 Å². The number of amides is 1. The minimum Gasteiger partial charge on any atom is -0.466 e. The van der Waals surface area contributed by atoms with Gasteiger partial charge in [-0.15, -0.1) is 0 Å². The first kappa shape index (κ1) is 14.0. The van der Waals surface area contributed by atoms with Crippen molar-refractivity contribution in [2.75, 3.05) is 40.3 Å². The molecule has 98 valence electrons. The monoisotopic (exact) mass is 242 g/mol. The Bertz CT molecular complexity index is 279. The van der Waals surface area contributed by atoms with Gasteiger partial charge in [-0.2, -0.15) is 0 Å². The lowest BCUT2D eigenvalue weighted by Crippen LogP contribution is -2.44. The molecule has 1 aliphatic heterocycles. The molecule has 1 atom stereocenters. The average molecular weight is 242 g/mol. The number of likely N-dealkylation sites (tertiary alicyclic amines) is 1.